The molecule has 110 valence electrons. The molecule has 0 saturated carbocycles. The first-order valence-electron chi connectivity index (χ1n) is 6.47. The second-order valence-electron chi connectivity index (χ2n) is 4.77. The van der Waals surface area contributed by atoms with Crippen molar-refractivity contribution in [3.05, 3.63) is 34.3 Å². The molecular formula is C14H17BrO5. The summed E-state index contributed by atoms with van der Waals surface area (Å²) in [6.07, 6.45) is -1.21. The highest BCUT2D eigenvalue weighted by molar-refractivity contribution is 9.10. The maximum Gasteiger partial charge on any atom is 0.333 e. The zero-order valence-corrected chi connectivity index (χ0v) is 12.5. The van der Waals surface area contributed by atoms with Crippen LogP contribution in [-0.4, -0.2) is 41.3 Å². The molecule has 0 spiro atoms. The van der Waals surface area contributed by atoms with E-state index >= 15 is 0 Å². The van der Waals surface area contributed by atoms with Gasteiger partial charge in [0.2, 0.25) is 0 Å². The summed E-state index contributed by atoms with van der Waals surface area (Å²) in [6, 6.07) is 7.89. The molecule has 1 fully saturated rings. The Kier molecular flexibility index (Phi) is 5.54. The van der Waals surface area contributed by atoms with Crippen LogP contribution in [-0.2, 0) is 20.7 Å². The van der Waals surface area contributed by atoms with E-state index in [0.29, 0.717) is 19.4 Å². The zero-order valence-electron chi connectivity index (χ0n) is 10.9. The van der Waals surface area contributed by atoms with Gasteiger partial charge in [-0.25, -0.2) is 4.79 Å². The van der Waals surface area contributed by atoms with Crippen LogP contribution >= 0.6 is 15.9 Å². The molecule has 1 aromatic carbocycles. The van der Waals surface area contributed by atoms with Gasteiger partial charge in [0, 0.05) is 17.3 Å². The van der Waals surface area contributed by atoms with Crippen molar-refractivity contribution in [2.45, 2.75) is 37.8 Å². The Hall–Kier alpha value is -0.950. The summed E-state index contributed by atoms with van der Waals surface area (Å²) < 4.78 is 11.8. The average molecular weight is 345 g/mol. The van der Waals surface area contributed by atoms with Crippen LogP contribution in [0.1, 0.15) is 18.4 Å². The number of hydrogen-bond donors (Lipinski definition) is 2. The number of carboxylic acid groups (broad SMARTS) is 1. The molecule has 0 radical (unpaired) electrons. The first-order chi connectivity index (χ1) is 9.54. The van der Waals surface area contributed by atoms with E-state index in [1.54, 1.807) is 0 Å². The van der Waals surface area contributed by atoms with E-state index in [1.807, 2.05) is 24.3 Å². The molecular weight excluding hydrogens is 328 g/mol. The van der Waals surface area contributed by atoms with Crippen molar-refractivity contribution in [3.8, 4) is 0 Å². The van der Waals surface area contributed by atoms with Crippen molar-refractivity contribution in [2.75, 3.05) is 6.61 Å². The third-order valence-corrected chi connectivity index (χ3v) is 3.68. The van der Waals surface area contributed by atoms with Crippen LogP contribution < -0.4 is 0 Å². The highest BCUT2D eigenvalue weighted by Crippen LogP contribution is 2.21. The quantitative estimate of drug-likeness (QED) is 0.853. The van der Waals surface area contributed by atoms with Crippen LogP contribution in [0.5, 0.6) is 0 Å². The third kappa shape index (κ3) is 4.56. The largest absolute Gasteiger partial charge is 0.479 e. The molecule has 1 saturated heterocycles. The predicted octanol–water partition coefficient (Wildman–Crippen LogP) is 1.96. The first kappa shape index (κ1) is 15.4. The van der Waals surface area contributed by atoms with Crippen molar-refractivity contribution < 1.29 is 24.5 Å². The van der Waals surface area contributed by atoms with Crippen LogP contribution in [0.25, 0.3) is 0 Å². The molecule has 0 bridgehead atoms. The molecule has 2 rings (SSSR count). The maximum atomic E-state index is 10.9. The van der Waals surface area contributed by atoms with Crippen LogP contribution in [0.2, 0.25) is 0 Å². The molecule has 1 aliphatic rings. The number of carbonyl (C=O) groups is 1. The summed E-state index contributed by atoms with van der Waals surface area (Å²) in [4.78, 5) is 10.9. The van der Waals surface area contributed by atoms with Crippen molar-refractivity contribution in [2.24, 2.45) is 0 Å². The van der Waals surface area contributed by atoms with E-state index in [4.69, 9.17) is 14.6 Å². The lowest BCUT2D eigenvalue weighted by Crippen LogP contribution is -2.41. The summed E-state index contributed by atoms with van der Waals surface area (Å²) >= 11 is 3.37. The van der Waals surface area contributed by atoms with E-state index in [0.717, 1.165) is 10.0 Å². The molecule has 0 amide bonds. The van der Waals surface area contributed by atoms with Crippen LogP contribution in [0.4, 0.5) is 0 Å². The van der Waals surface area contributed by atoms with Gasteiger partial charge in [0.1, 0.15) is 0 Å². The molecule has 1 aromatic rings. The normalized spacial score (nSPS) is 26.4. The zero-order chi connectivity index (χ0) is 14.5. The number of rotatable bonds is 5. The molecule has 3 unspecified atom stereocenters. The smallest absolute Gasteiger partial charge is 0.333 e. The van der Waals surface area contributed by atoms with E-state index in [-0.39, 0.29) is 6.42 Å². The van der Waals surface area contributed by atoms with Gasteiger partial charge in [-0.05, 0) is 24.1 Å². The number of aliphatic carboxylic acids is 1. The standard InChI is InChI=1S/C14H17BrO5/c15-10-3-1-9(2-4-10)5-6-19-13-8-11(16)7-12(20-13)14(17)18/h1-4,11-13,16H,5-8H2,(H,17,18). The molecule has 20 heavy (non-hydrogen) atoms. The number of carboxylic acids is 1. The number of aliphatic hydroxyl groups excluding tert-OH is 1. The highest BCUT2D eigenvalue weighted by atomic mass is 79.9. The Bertz CT molecular complexity index is 447. The monoisotopic (exact) mass is 344 g/mol. The highest BCUT2D eigenvalue weighted by Gasteiger charge is 2.33. The lowest BCUT2D eigenvalue weighted by Gasteiger charge is -2.30. The van der Waals surface area contributed by atoms with Gasteiger partial charge in [0.05, 0.1) is 12.7 Å². The molecule has 0 aliphatic carbocycles. The Morgan fingerprint density at radius 1 is 1.35 bits per heavy atom. The number of aliphatic hydroxyl groups is 1. The van der Waals surface area contributed by atoms with Gasteiger partial charge < -0.3 is 19.7 Å². The molecule has 5 nitrogen and oxygen atoms in total. The van der Waals surface area contributed by atoms with Gasteiger partial charge >= 0.3 is 5.97 Å². The summed E-state index contributed by atoms with van der Waals surface area (Å²) in [6.45, 7) is 0.422. The summed E-state index contributed by atoms with van der Waals surface area (Å²) in [5.74, 6) is -1.06. The number of ether oxygens (including phenoxy) is 2. The minimum Gasteiger partial charge on any atom is -0.479 e. The second kappa shape index (κ2) is 7.17. The van der Waals surface area contributed by atoms with E-state index in [1.165, 1.54) is 0 Å². The summed E-state index contributed by atoms with van der Waals surface area (Å²) in [5, 5.41) is 18.5. The number of benzene rings is 1. The van der Waals surface area contributed by atoms with Gasteiger partial charge in [0.25, 0.3) is 0 Å². The SMILES string of the molecule is O=C(O)C1CC(O)CC(OCCc2ccc(Br)cc2)O1. The fraction of sp³-hybridized carbons (Fsp3) is 0.500. The predicted molar refractivity (Wildman–Crippen MR) is 75.3 cm³/mol. The Morgan fingerprint density at radius 3 is 2.70 bits per heavy atom. The van der Waals surface area contributed by atoms with Crippen molar-refractivity contribution in [1.29, 1.82) is 0 Å². The maximum absolute atomic E-state index is 10.9. The molecule has 2 N–H and O–H groups in total. The van der Waals surface area contributed by atoms with E-state index in [2.05, 4.69) is 15.9 Å². The second-order valence-corrected chi connectivity index (χ2v) is 5.68. The third-order valence-electron chi connectivity index (χ3n) is 3.15. The summed E-state index contributed by atoms with van der Waals surface area (Å²) in [5.41, 5.74) is 1.12. The Morgan fingerprint density at radius 2 is 2.05 bits per heavy atom. The fourth-order valence-electron chi connectivity index (χ4n) is 2.09. The van der Waals surface area contributed by atoms with Crippen molar-refractivity contribution in [1.82, 2.24) is 0 Å². The molecule has 1 aliphatic heterocycles. The topological polar surface area (TPSA) is 76.0 Å². The minimum atomic E-state index is -1.06. The Labute approximate surface area is 125 Å². The molecule has 0 aromatic heterocycles. The van der Waals surface area contributed by atoms with Crippen molar-refractivity contribution >= 4 is 21.9 Å². The average Bonchev–Trinajstić information content (AvgIpc) is 2.40. The van der Waals surface area contributed by atoms with Crippen molar-refractivity contribution in [3.63, 3.8) is 0 Å². The number of halogens is 1. The fourth-order valence-corrected chi connectivity index (χ4v) is 2.35. The minimum absolute atomic E-state index is 0.113. The molecule has 3 atom stereocenters. The van der Waals surface area contributed by atoms with Gasteiger partial charge in [-0.15, -0.1) is 0 Å². The van der Waals surface area contributed by atoms with Gasteiger partial charge in [-0.2, -0.15) is 0 Å². The van der Waals surface area contributed by atoms with E-state index in [9.17, 15) is 9.90 Å². The molecule has 1 heterocycles. The first-order valence-corrected chi connectivity index (χ1v) is 7.26. The van der Waals surface area contributed by atoms with Gasteiger partial charge in [-0.1, -0.05) is 28.1 Å². The lowest BCUT2D eigenvalue weighted by atomic mass is 10.1. The van der Waals surface area contributed by atoms with Crippen LogP contribution in [0, 0.1) is 0 Å². The van der Waals surface area contributed by atoms with E-state index < -0.39 is 24.5 Å². The van der Waals surface area contributed by atoms with Crippen LogP contribution in [0.15, 0.2) is 28.7 Å². The van der Waals surface area contributed by atoms with Gasteiger partial charge in [0.15, 0.2) is 12.4 Å². The molecule has 6 heteroatoms. The van der Waals surface area contributed by atoms with Gasteiger partial charge in [-0.3, -0.25) is 0 Å². The lowest BCUT2D eigenvalue weighted by molar-refractivity contribution is -0.221. The summed E-state index contributed by atoms with van der Waals surface area (Å²) in [7, 11) is 0. The number of hydrogen-bond acceptors (Lipinski definition) is 4. The van der Waals surface area contributed by atoms with Crippen LogP contribution in [0.3, 0.4) is 0 Å². The Balaban J connectivity index is 1.78.